The predicted octanol–water partition coefficient (Wildman–Crippen LogP) is -2.25. The van der Waals surface area contributed by atoms with Crippen molar-refractivity contribution in [3.8, 4) is 0 Å². The molecule has 0 aliphatic rings. The van der Waals surface area contributed by atoms with Crippen molar-refractivity contribution in [3.05, 3.63) is 0 Å². The molecule has 0 bridgehead atoms. The van der Waals surface area contributed by atoms with Gasteiger partial charge in [-0.3, -0.25) is 14.5 Å². The number of hydrogen-bond donors (Lipinski definition) is 5. The molecule has 0 aromatic heterocycles. The first-order valence-electron chi connectivity index (χ1n) is 6.11. The third-order valence-corrected chi connectivity index (χ3v) is 4.14. The summed E-state index contributed by atoms with van der Waals surface area (Å²) < 4.78 is 9.54. The molecule has 10 nitrogen and oxygen atoms in total. The minimum atomic E-state index is -3.63. The maximum Gasteiger partial charge on any atom is 0.495 e. The number of carboxylic acid groups (broad SMARTS) is 2. The Balaban J connectivity index is 4.05. The van der Waals surface area contributed by atoms with E-state index in [0.29, 0.717) is 0 Å². The fraction of sp³-hybridized carbons (Fsp3) is 0.800. The third kappa shape index (κ3) is 10.3. The summed E-state index contributed by atoms with van der Waals surface area (Å²) in [5.41, 5.74) is 0. The molecule has 21 heavy (non-hydrogen) atoms. The molecule has 0 radical (unpaired) electrons. The van der Waals surface area contributed by atoms with Crippen molar-refractivity contribution in [3.63, 3.8) is 0 Å². The minimum absolute atomic E-state index is 0.0214. The Labute approximate surface area is 122 Å². The number of nitrogens with zero attached hydrogens (tertiary/aromatic N) is 1. The van der Waals surface area contributed by atoms with Crippen LogP contribution < -0.4 is 0 Å². The molecule has 0 saturated heterocycles. The van der Waals surface area contributed by atoms with Gasteiger partial charge >= 0.3 is 20.7 Å². The molecule has 124 valence electrons. The van der Waals surface area contributed by atoms with Crippen LogP contribution in [-0.2, 0) is 18.8 Å². The first kappa shape index (κ1) is 19.9. The van der Waals surface area contributed by atoms with E-state index in [4.69, 9.17) is 14.9 Å². The van der Waals surface area contributed by atoms with Gasteiger partial charge in [0.25, 0.3) is 0 Å². The van der Waals surface area contributed by atoms with Crippen molar-refractivity contribution >= 4 is 20.7 Å². The highest BCUT2D eigenvalue weighted by Gasteiger charge is 2.29. The Morgan fingerprint density at radius 3 is 2.14 bits per heavy atom. The third-order valence-electron chi connectivity index (χ3n) is 2.48. The molecule has 0 aliphatic carbocycles. The van der Waals surface area contributed by atoms with Crippen LogP contribution in [0.5, 0.6) is 0 Å². The molecule has 0 fully saturated rings. The maximum absolute atomic E-state index is 10.6. The molecule has 11 heteroatoms. The summed E-state index contributed by atoms with van der Waals surface area (Å²) in [4.78, 5) is 40.5. The number of rotatable bonds is 12. The van der Waals surface area contributed by atoms with E-state index in [2.05, 4.69) is 4.43 Å². The first-order chi connectivity index (χ1) is 9.68. The van der Waals surface area contributed by atoms with E-state index in [1.807, 2.05) is 0 Å². The van der Waals surface area contributed by atoms with Gasteiger partial charge in [0.1, 0.15) is 6.23 Å². The molecule has 0 saturated carbocycles. The Bertz CT molecular complexity index is 322. The van der Waals surface area contributed by atoms with Crippen molar-refractivity contribution < 1.29 is 43.7 Å². The van der Waals surface area contributed by atoms with Crippen LogP contribution in [0, 0.1) is 0 Å². The fourth-order valence-electron chi connectivity index (χ4n) is 1.41. The lowest BCUT2D eigenvalue weighted by Gasteiger charge is -2.24. The van der Waals surface area contributed by atoms with Crippen LogP contribution in [-0.4, -0.2) is 90.2 Å². The van der Waals surface area contributed by atoms with E-state index in [0.717, 1.165) is 4.90 Å². The van der Waals surface area contributed by atoms with Gasteiger partial charge in [0.05, 0.1) is 19.7 Å². The summed E-state index contributed by atoms with van der Waals surface area (Å²) in [5.74, 6) is -2.54. The summed E-state index contributed by atoms with van der Waals surface area (Å²) in [6, 6.07) is 0.0214. The van der Waals surface area contributed by atoms with E-state index in [9.17, 15) is 24.3 Å². The largest absolute Gasteiger partial charge is 0.495 e. The highest BCUT2D eigenvalue weighted by molar-refractivity contribution is 6.57. The lowest BCUT2D eigenvalue weighted by molar-refractivity contribution is -0.149. The number of carboxylic acids is 2. The van der Waals surface area contributed by atoms with Crippen LogP contribution in [0.3, 0.4) is 0 Å². The van der Waals surface area contributed by atoms with E-state index >= 15 is 0 Å². The molecule has 0 spiro atoms. The summed E-state index contributed by atoms with van der Waals surface area (Å²) in [7, 11) is -2.44. The number of hydrogen-bond acceptors (Lipinski definition) is 8. The van der Waals surface area contributed by atoms with Crippen LogP contribution in [0.4, 0.5) is 0 Å². The van der Waals surface area contributed by atoms with E-state index in [1.54, 1.807) is 0 Å². The van der Waals surface area contributed by atoms with Crippen molar-refractivity contribution in [1.29, 1.82) is 0 Å². The Kier molecular flexibility index (Phi) is 9.28. The zero-order valence-corrected chi connectivity index (χ0v) is 12.6. The molecule has 0 heterocycles. The highest BCUT2D eigenvalue weighted by Crippen LogP contribution is 2.06. The van der Waals surface area contributed by atoms with Crippen LogP contribution in [0.1, 0.15) is 6.42 Å². The maximum atomic E-state index is 10.6. The van der Waals surface area contributed by atoms with Crippen molar-refractivity contribution in [2.45, 2.75) is 18.7 Å². The van der Waals surface area contributed by atoms with E-state index < -0.39 is 40.1 Å². The van der Waals surface area contributed by atoms with Gasteiger partial charge in [0, 0.05) is 19.8 Å². The van der Waals surface area contributed by atoms with Gasteiger partial charge in [-0.2, -0.15) is 0 Å². The lowest BCUT2D eigenvalue weighted by Crippen LogP contribution is -2.44. The van der Waals surface area contributed by atoms with Crippen LogP contribution in [0.2, 0.25) is 6.04 Å². The van der Waals surface area contributed by atoms with Crippen LogP contribution in [0.15, 0.2) is 0 Å². The Morgan fingerprint density at radius 2 is 1.71 bits per heavy atom. The predicted molar refractivity (Wildman–Crippen MR) is 70.3 cm³/mol. The molecular weight excluding hydrogens is 306 g/mol. The van der Waals surface area contributed by atoms with E-state index in [-0.39, 0.29) is 25.7 Å². The van der Waals surface area contributed by atoms with Crippen molar-refractivity contribution in [2.24, 2.45) is 0 Å². The van der Waals surface area contributed by atoms with Crippen LogP contribution >= 0.6 is 0 Å². The number of aliphatic hydroxyl groups excluding tert-OH is 1. The second-order valence-corrected chi connectivity index (χ2v) is 6.69. The highest BCUT2D eigenvalue weighted by atomic mass is 28.4. The number of ether oxygens (including phenoxy) is 1. The summed E-state index contributed by atoms with van der Waals surface area (Å²) in [6.45, 7) is -1.48. The molecule has 0 rings (SSSR count). The SMILES string of the molecule is CO[Si](O)(O)CCCOCC(O)N(CC(=O)O)CC(=O)O. The Hall–Kier alpha value is -1.08. The lowest BCUT2D eigenvalue weighted by atomic mass is 10.4. The molecule has 0 aromatic carbocycles. The quantitative estimate of drug-likeness (QED) is 0.151. The molecule has 0 amide bonds. The minimum Gasteiger partial charge on any atom is -0.480 e. The zero-order chi connectivity index (χ0) is 16.5. The van der Waals surface area contributed by atoms with Gasteiger partial charge in [-0.15, -0.1) is 0 Å². The molecule has 0 aromatic rings. The number of carbonyl (C=O) groups is 2. The van der Waals surface area contributed by atoms with Crippen LogP contribution in [0.25, 0.3) is 0 Å². The van der Waals surface area contributed by atoms with Gasteiger partial charge in [-0.1, -0.05) is 0 Å². The smallest absolute Gasteiger partial charge is 0.480 e. The van der Waals surface area contributed by atoms with Gasteiger partial charge in [-0.05, 0) is 6.42 Å². The molecule has 1 unspecified atom stereocenters. The molecule has 1 atom stereocenters. The second kappa shape index (κ2) is 9.78. The fourth-order valence-corrected chi connectivity index (χ4v) is 2.22. The molecule has 0 aliphatic heterocycles. The van der Waals surface area contributed by atoms with Crippen molar-refractivity contribution in [1.82, 2.24) is 4.90 Å². The number of aliphatic carboxylic acids is 2. The van der Waals surface area contributed by atoms with Gasteiger partial charge < -0.3 is 34.1 Å². The average molecular weight is 327 g/mol. The van der Waals surface area contributed by atoms with Crippen molar-refractivity contribution in [2.75, 3.05) is 33.4 Å². The standard InChI is InChI=1S/C10H21NO9Si/c1-19-21(17,18)4-2-3-20-7-8(12)11(5-9(13)14)6-10(15)16/h8,12,17-18H,2-7H2,1H3,(H,13,14)(H,15,16). The van der Waals surface area contributed by atoms with Gasteiger partial charge in [0.2, 0.25) is 0 Å². The summed E-state index contributed by atoms with van der Waals surface area (Å²) in [5, 5.41) is 26.9. The molecule has 5 N–H and O–H groups in total. The van der Waals surface area contributed by atoms with E-state index in [1.165, 1.54) is 7.11 Å². The van der Waals surface area contributed by atoms with Gasteiger partial charge in [0.15, 0.2) is 0 Å². The summed E-state index contributed by atoms with van der Waals surface area (Å²) >= 11 is 0. The number of aliphatic hydroxyl groups is 1. The first-order valence-corrected chi connectivity index (χ1v) is 8.12. The van der Waals surface area contributed by atoms with Gasteiger partial charge in [-0.25, -0.2) is 0 Å². The molecular formula is C10H21NO9Si. The monoisotopic (exact) mass is 327 g/mol. The topological polar surface area (TPSA) is 157 Å². The zero-order valence-electron chi connectivity index (χ0n) is 11.6. The summed E-state index contributed by atoms with van der Waals surface area (Å²) in [6.07, 6.45) is -1.11. The Morgan fingerprint density at radius 1 is 1.19 bits per heavy atom. The second-order valence-electron chi connectivity index (χ2n) is 4.30. The average Bonchev–Trinajstić information content (AvgIpc) is 2.36. The normalized spacial score (nSPS) is 13.4.